The van der Waals surface area contributed by atoms with Crippen LogP contribution in [0, 0.1) is 0 Å². The summed E-state index contributed by atoms with van der Waals surface area (Å²) in [4.78, 5) is 41.7. The van der Waals surface area contributed by atoms with Gasteiger partial charge in [0.15, 0.2) is 0 Å². The standard InChI is InChI=1S/C25H23N3O3/c29-23(26-20-12-6-2-7-13-20)18-22-24(30)28(21-14-8-3-9-15-21)25(31)27(22)17-16-19-10-4-1-5-11-19/h1-15,22H,16-18H2,(H,26,29)/t22-/m0/s1. The zero-order valence-corrected chi connectivity index (χ0v) is 17.0. The molecule has 1 aliphatic rings. The number of imide groups is 1. The van der Waals surface area contributed by atoms with E-state index in [1.54, 1.807) is 36.4 Å². The number of carbonyl (C=O) groups excluding carboxylic acids is 3. The molecule has 1 saturated heterocycles. The molecule has 6 heteroatoms. The molecule has 4 rings (SSSR count). The van der Waals surface area contributed by atoms with Gasteiger partial charge in [0.2, 0.25) is 5.91 Å². The first-order valence-corrected chi connectivity index (χ1v) is 10.2. The number of benzene rings is 3. The number of nitrogens with one attached hydrogen (secondary N) is 1. The van der Waals surface area contributed by atoms with Crippen molar-refractivity contribution in [2.45, 2.75) is 18.9 Å². The Kier molecular flexibility index (Phi) is 6.08. The highest BCUT2D eigenvalue weighted by molar-refractivity contribution is 6.22. The summed E-state index contributed by atoms with van der Waals surface area (Å²) in [6, 6.07) is 26.4. The SMILES string of the molecule is O=C(C[C@H]1C(=O)N(c2ccccc2)C(=O)N1CCc1ccccc1)Nc1ccccc1. The molecular formula is C25H23N3O3. The summed E-state index contributed by atoms with van der Waals surface area (Å²) < 4.78 is 0. The van der Waals surface area contributed by atoms with Crippen molar-refractivity contribution in [2.75, 3.05) is 16.8 Å². The van der Waals surface area contributed by atoms with E-state index < -0.39 is 12.1 Å². The maximum atomic E-state index is 13.2. The molecule has 1 heterocycles. The Bertz CT molecular complexity index is 1060. The van der Waals surface area contributed by atoms with Gasteiger partial charge in [-0.1, -0.05) is 66.7 Å². The summed E-state index contributed by atoms with van der Waals surface area (Å²) in [6.07, 6.45) is 0.497. The van der Waals surface area contributed by atoms with Crippen molar-refractivity contribution in [1.82, 2.24) is 4.90 Å². The molecule has 1 aliphatic heterocycles. The van der Waals surface area contributed by atoms with Crippen LogP contribution in [0.1, 0.15) is 12.0 Å². The van der Waals surface area contributed by atoms with E-state index in [-0.39, 0.29) is 18.2 Å². The number of hydrogen-bond acceptors (Lipinski definition) is 3. The Morgan fingerprint density at radius 2 is 1.39 bits per heavy atom. The summed E-state index contributed by atoms with van der Waals surface area (Å²) in [6.45, 7) is 0.348. The predicted octanol–water partition coefficient (Wildman–Crippen LogP) is 4.10. The number of nitrogens with zero attached hydrogens (tertiary/aromatic N) is 2. The van der Waals surface area contributed by atoms with Crippen molar-refractivity contribution in [3.63, 3.8) is 0 Å². The summed E-state index contributed by atoms with van der Waals surface area (Å²) in [7, 11) is 0. The van der Waals surface area contributed by atoms with Gasteiger partial charge in [0.25, 0.3) is 5.91 Å². The molecule has 0 unspecified atom stereocenters. The Morgan fingerprint density at radius 3 is 2.03 bits per heavy atom. The van der Waals surface area contributed by atoms with E-state index in [0.717, 1.165) is 5.56 Å². The lowest BCUT2D eigenvalue weighted by molar-refractivity contribution is -0.124. The molecule has 1 atom stereocenters. The minimum absolute atomic E-state index is 0.0996. The van der Waals surface area contributed by atoms with Crippen LogP contribution in [0.25, 0.3) is 0 Å². The topological polar surface area (TPSA) is 69.7 Å². The summed E-state index contributed by atoms with van der Waals surface area (Å²) >= 11 is 0. The first-order chi connectivity index (χ1) is 15.1. The molecule has 6 nitrogen and oxygen atoms in total. The molecule has 0 saturated carbocycles. The fraction of sp³-hybridized carbons (Fsp3) is 0.160. The number of hydrogen-bond donors (Lipinski definition) is 1. The zero-order chi connectivity index (χ0) is 21.6. The highest BCUT2D eigenvalue weighted by Gasteiger charge is 2.46. The van der Waals surface area contributed by atoms with Gasteiger partial charge in [-0.2, -0.15) is 0 Å². The maximum absolute atomic E-state index is 13.2. The smallest absolute Gasteiger partial charge is 0.326 e. The highest BCUT2D eigenvalue weighted by atomic mass is 16.2. The number of rotatable bonds is 7. The third kappa shape index (κ3) is 4.64. The van der Waals surface area contributed by atoms with Crippen molar-refractivity contribution in [1.29, 1.82) is 0 Å². The van der Waals surface area contributed by atoms with Crippen LogP contribution in [-0.4, -0.2) is 35.3 Å². The molecule has 3 aromatic rings. The quantitative estimate of drug-likeness (QED) is 0.593. The van der Waals surface area contributed by atoms with E-state index in [4.69, 9.17) is 0 Å². The monoisotopic (exact) mass is 413 g/mol. The molecule has 156 valence electrons. The molecule has 1 fully saturated rings. The molecule has 0 aliphatic carbocycles. The van der Waals surface area contributed by atoms with Gasteiger partial charge >= 0.3 is 6.03 Å². The van der Waals surface area contributed by atoms with Gasteiger partial charge in [-0.25, -0.2) is 9.69 Å². The average Bonchev–Trinajstić information content (AvgIpc) is 3.03. The van der Waals surface area contributed by atoms with E-state index in [0.29, 0.717) is 24.3 Å². The molecule has 0 bridgehead atoms. The number of urea groups is 1. The first kappa shape index (κ1) is 20.3. The fourth-order valence-electron chi connectivity index (χ4n) is 3.71. The first-order valence-electron chi connectivity index (χ1n) is 10.2. The lowest BCUT2D eigenvalue weighted by Gasteiger charge is -2.21. The summed E-state index contributed by atoms with van der Waals surface area (Å²) in [5.41, 5.74) is 2.22. The highest BCUT2D eigenvalue weighted by Crippen LogP contribution is 2.27. The average molecular weight is 413 g/mol. The van der Waals surface area contributed by atoms with E-state index in [9.17, 15) is 14.4 Å². The van der Waals surface area contributed by atoms with Crippen LogP contribution >= 0.6 is 0 Å². The minimum Gasteiger partial charge on any atom is -0.326 e. The summed E-state index contributed by atoms with van der Waals surface area (Å²) in [5.74, 6) is -0.690. The van der Waals surface area contributed by atoms with E-state index >= 15 is 0 Å². The summed E-state index contributed by atoms with van der Waals surface area (Å²) in [5, 5.41) is 2.81. The third-order valence-corrected chi connectivity index (χ3v) is 5.25. The van der Waals surface area contributed by atoms with Gasteiger partial charge in [0, 0.05) is 12.2 Å². The number of anilines is 2. The Balaban J connectivity index is 1.55. The van der Waals surface area contributed by atoms with Crippen LogP contribution in [0.3, 0.4) is 0 Å². The number of amides is 4. The van der Waals surface area contributed by atoms with Gasteiger partial charge in [-0.05, 0) is 36.2 Å². The van der Waals surface area contributed by atoms with Gasteiger partial charge in [0.1, 0.15) is 6.04 Å². The Hall–Kier alpha value is -3.93. The van der Waals surface area contributed by atoms with Crippen LogP contribution in [0.4, 0.5) is 16.2 Å². The Morgan fingerprint density at radius 1 is 0.806 bits per heavy atom. The minimum atomic E-state index is -0.847. The molecule has 1 N–H and O–H groups in total. The van der Waals surface area contributed by atoms with E-state index in [2.05, 4.69) is 5.32 Å². The van der Waals surface area contributed by atoms with Crippen LogP contribution in [0.2, 0.25) is 0 Å². The molecule has 0 radical (unpaired) electrons. The third-order valence-electron chi connectivity index (χ3n) is 5.25. The number of para-hydroxylation sites is 2. The van der Waals surface area contributed by atoms with Gasteiger partial charge in [-0.3, -0.25) is 9.59 Å². The molecule has 0 aromatic heterocycles. The van der Waals surface area contributed by atoms with E-state index in [1.165, 1.54) is 9.80 Å². The molecule has 31 heavy (non-hydrogen) atoms. The molecular weight excluding hydrogens is 390 g/mol. The van der Waals surface area contributed by atoms with Crippen molar-refractivity contribution < 1.29 is 14.4 Å². The zero-order valence-electron chi connectivity index (χ0n) is 17.0. The lowest BCUT2D eigenvalue weighted by Crippen LogP contribution is -2.39. The van der Waals surface area contributed by atoms with Crippen LogP contribution in [-0.2, 0) is 16.0 Å². The van der Waals surface area contributed by atoms with Gasteiger partial charge < -0.3 is 10.2 Å². The predicted molar refractivity (Wildman–Crippen MR) is 120 cm³/mol. The van der Waals surface area contributed by atoms with Gasteiger partial charge in [-0.15, -0.1) is 0 Å². The maximum Gasteiger partial charge on any atom is 0.332 e. The van der Waals surface area contributed by atoms with Crippen LogP contribution in [0.5, 0.6) is 0 Å². The van der Waals surface area contributed by atoms with Crippen molar-refractivity contribution in [2.24, 2.45) is 0 Å². The Labute approximate surface area is 181 Å². The lowest BCUT2D eigenvalue weighted by atomic mass is 10.1. The van der Waals surface area contributed by atoms with Gasteiger partial charge in [0.05, 0.1) is 12.1 Å². The number of carbonyl (C=O) groups is 3. The molecule has 3 aromatic carbocycles. The molecule has 0 spiro atoms. The normalized spacial score (nSPS) is 15.9. The van der Waals surface area contributed by atoms with Crippen LogP contribution in [0.15, 0.2) is 91.0 Å². The van der Waals surface area contributed by atoms with Crippen LogP contribution < -0.4 is 10.2 Å². The second kappa shape index (κ2) is 9.26. The largest absolute Gasteiger partial charge is 0.332 e. The van der Waals surface area contributed by atoms with Crippen molar-refractivity contribution in [3.05, 3.63) is 96.6 Å². The second-order valence-electron chi connectivity index (χ2n) is 7.35. The second-order valence-corrected chi connectivity index (χ2v) is 7.35. The molecule has 4 amide bonds. The van der Waals surface area contributed by atoms with E-state index in [1.807, 2.05) is 54.6 Å². The van der Waals surface area contributed by atoms with Crippen molar-refractivity contribution in [3.8, 4) is 0 Å². The van der Waals surface area contributed by atoms with Crippen molar-refractivity contribution >= 4 is 29.2 Å². The fourth-order valence-corrected chi connectivity index (χ4v) is 3.71.